The van der Waals surface area contributed by atoms with E-state index in [0.29, 0.717) is 11.8 Å². The third-order valence-electron chi connectivity index (χ3n) is 5.81. The summed E-state index contributed by atoms with van der Waals surface area (Å²) in [6, 6.07) is 19.3. The summed E-state index contributed by atoms with van der Waals surface area (Å²) in [5.74, 6) is 1.63. The van der Waals surface area contributed by atoms with Gasteiger partial charge in [-0.1, -0.05) is 66.2 Å². The fourth-order valence-electron chi connectivity index (χ4n) is 4.64. The lowest BCUT2D eigenvalue weighted by Gasteiger charge is -2.39. The Morgan fingerprint density at radius 1 is 1.04 bits per heavy atom. The van der Waals surface area contributed by atoms with Crippen LogP contribution in [0.15, 0.2) is 66.7 Å². The molecule has 2 unspecified atom stereocenters. The molecule has 1 aliphatic carbocycles. The standard InChI is InChI=1S/C23H20ClNO/c1-26-20-13-12-19(24)21-16-9-5-11-18(16)22(25-23(20)21)17-10-4-7-14-6-2-3-8-15(14)17/h2-10,12-13,16,18,22,25H,11H2,1H3/t16?,18?,22-/m1/s1. The number of nitrogens with one attached hydrogen (secondary N) is 1. The van der Waals surface area contributed by atoms with E-state index in [0.717, 1.165) is 22.9 Å². The van der Waals surface area contributed by atoms with Crippen molar-refractivity contribution in [2.75, 3.05) is 12.4 Å². The van der Waals surface area contributed by atoms with Crippen LogP contribution in [-0.4, -0.2) is 7.11 Å². The number of anilines is 1. The van der Waals surface area contributed by atoms with Gasteiger partial charge in [0.1, 0.15) is 5.75 Å². The maximum Gasteiger partial charge on any atom is 0.142 e. The Hall–Kier alpha value is -2.45. The van der Waals surface area contributed by atoms with Crippen LogP contribution in [0.2, 0.25) is 5.02 Å². The fourth-order valence-corrected chi connectivity index (χ4v) is 4.92. The average molecular weight is 362 g/mol. The highest BCUT2D eigenvalue weighted by Crippen LogP contribution is 2.54. The molecule has 2 nitrogen and oxygen atoms in total. The van der Waals surface area contributed by atoms with Crippen molar-refractivity contribution < 1.29 is 4.74 Å². The Balaban J connectivity index is 1.71. The number of methoxy groups -OCH3 is 1. The Bertz CT molecular complexity index is 1020. The van der Waals surface area contributed by atoms with E-state index < -0.39 is 0 Å². The zero-order valence-electron chi connectivity index (χ0n) is 14.6. The number of hydrogen-bond donors (Lipinski definition) is 1. The maximum atomic E-state index is 6.60. The van der Waals surface area contributed by atoms with Crippen molar-refractivity contribution in [3.05, 3.63) is 82.9 Å². The van der Waals surface area contributed by atoms with Crippen LogP contribution >= 0.6 is 11.6 Å². The molecule has 130 valence electrons. The maximum absolute atomic E-state index is 6.60. The number of ether oxygens (including phenoxy) is 1. The molecule has 0 radical (unpaired) electrons. The number of fused-ring (bicyclic) bond motifs is 4. The molecule has 3 heteroatoms. The van der Waals surface area contributed by atoms with E-state index in [1.807, 2.05) is 12.1 Å². The number of benzene rings is 3. The molecule has 0 bridgehead atoms. The SMILES string of the molecule is COc1ccc(Cl)c2c1N[C@H](c1cccc3ccccc13)C1CC=CC21. The fraction of sp³-hybridized carbons (Fsp3) is 0.217. The van der Waals surface area contributed by atoms with E-state index in [-0.39, 0.29) is 6.04 Å². The zero-order chi connectivity index (χ0) is 17.7. The molecule has 3 aromatic carbocycles. The molecule has 1 N–H and O–H groups in total. The van der Waals surface area contributed by atoms with Gasteiger partial charge in [-0.25, -0.2) is 0 Å². The molecule has 0 fully saturated rings. The lowest BCUT2D eigenvalue weighted by Crippen LogP contribution is -2.29. The van der Waals surface area contributed by atoms with Crippen molar-refractivity contribution >= 4 is 28.1 Å². The van der Waals surface area contributed by atoms with Crippen LogP contribution in [0.3, 0.4) is 0 Å². The van der Waals surface area contributed by atoms with Crippen molar-refractivity contribution in [2.24, 2.45) is 5.92 Å². The van der Waals surface area contributed by atoms with E-state index in [4.69, 9.17) is 16.3 Å². The van der Waals surface area contributed by atoms with Gasteiger partial charge < -0.3 is 10.1 Å². The van der Waals surface area contributed by atoms with Gasteiger partial charge in [0.2, 0.25) is 0 Å². The topological polar surface area (TPSA) is 21.3 Å². The quantitative estimate of drug-likeness (QED) is 0.538. The zero-order valence-corrected chi connectivity index (χ0v) is 15.3. The molecule has 26 heavy (non-hydrogen) atoms. The largest absolute Gasteiger partial charge is 0.495 e. The molecule has 2 aliphatic rings. The van der Waals surface area contributed by atoms with Crippen LogP contribution in [-0.2, 0) is 0 Å². The second kappa shape index (κ2) is 6.07. The minimum Gasteiger partial charge on any atom is -0.495 e. The molecule has 5 rings (SSSR count). The molecule has 0 saturated heterocycles. The summed E-state index contributed by atoms with van der Waals surface area (Å²) in [4.78, 5) is 0. The third-order valence-corrected chi connectivity index (χ3v) is 6.14. The second-order valence-electron chi connectivity index (χ2n) is 7.08. The van der Waals surface area contributed by atoms with E-state index in [9.17, 15) is 0 Å². The predicted octanol–water partition coefficient (Wildman–Crippen LogP) is 6.33. The number of rotatable bonds is 2. The number of halogens is 1. The van der Waals surface area contributed by atoms with Gasteiger partial charge in [-0.05, 0) is 40.8 Å². The van der Waals surface area contributed by atoms with Gasteiger partial charge in [-0.3, -0.25) is 0 Å². The monoisotopic (exact) mass is 361 g/mol. The van der Waals surface area contributed by atoms with E-state index in [1.165, 1.54) is 21.9 Å². The van der Waals surface area contributed by atoms with E-state index in [2.05, 4.69) is 59.9 Å². The highest BCUT2D eigenvalue weighted by molar-refractivity contribution is 6.32. The third kappa shape index (κ3) is 2.25. The van der Waals surface area contributed by atoms with Gasteiger partial charge in [0.15, 0.2) is 0 Å². The molecule has 3 aromatic rings. The lowest BCUT2D eigenvalue weighted by atomic mass is 9.76. The first-order chi connectivity index (χ1) is 12.8. The molecule has 0 spiro atoms. The normalized spacial score (nSPS) is 23.4. The number of hydrogen-bond acceptors (Lipinski definition) is 2. The Morgan fingerprint density at radius 3 is 2.77 bits per heavy atom. The lowest BCUT2D eigenvalue weighted by molar-refractivity contribution is 0.398. The van der Waals surface area contributed by atoms with Crippen LogP contribution in [0, 0.1) is 5.92 Å². The first kappa shape index (κ1) is 15.8. The molecule has 0 aromatic heterocycles. The van der Waals surface area contributed by atoms with Crippen LogP contribution in [0.5, 0.6) is 5.75 Å². The summed E-state index contributed by atoms with van der Waals surface area (Å²) in [7, 11) is 1.72. The highest BCUT2D eigenvalue weighted by Gasteiger charge is 2.40. The summed E-state index contributed by atoms with van der Waals surface area (Å²) in [6.45, 7) is 0. The van der Waals surface area contributed by atoms with Gasteiger partial charge in [-0.15, -0.1) is 0 Å². The van der Waals surface area contributed by atoms with Crippen LogP contribution in [0.4, 0.5) is 5.69 Å². The molecule has 1 heterocycles. The van der Waals surface area contributed by atoms with Crippen molar-refractivity contribution in [2.45, 2.75) is 18.4 Å². The molecule has 0 amide bonds. The van der Waals surface area contributed by atoms with Crippen molar-refractivity contribution in [1.29, 1.82) is 0 Å². The van der Waals surface area contributed by atoms with Crippen molar-refractivity contribution in [3.63, 3.8) is 0 Å². The van der Waals surface area contributed by atoms with E-state index >= 15 is 0 Å². The summed E-state index contributed by atoms with van der Waals surface area (Å²) in [5.41, 5.74) is 3.54. The Kier molecular flexibility index (Phi) is 3.68. The van der Waals surface area contributed by atoms with Gasteiger partial charge in [-0.2, -0.15) is 0 Å². The summed E-state index contributed by atoms with van der Waals surface area (Å²) < 4.78 is 5.64. The minimum absolute atomic E-state index is 0.223. The van der Waals surface area contributed by atoms with Crippen molar-refractivity contribution in [1.82, 2.24) is 0 Å². The molecule has 3 atom stereocenters. The van der Waals surface area contributed by atoms with Gasteiger partial charge in [0.25, 0.3) is 0 Å². The van der Waals surface area contributed by atoms with E-state index in [1.54, 1.807) is 7.11 Å². The summed E-state index contributed by atoms with van der Waals surface area (Å²) in [6.07, 6.45) is 5.66. The first-order valence-electron chi connectivity index (χ1n) is 9.05. The molecular weight excluding hydrogens is 342 g/mol. The molecular formula is C23H20ClNO. The molecule has 1 aliphatic heterocycles. The van der Waals surface area contributed by atoms with Crippen molar-refractivity contribution in [3.8, 4) is 5.75 Å². The average Bonchev–Trinajstić information content (AvgIpc) is 3.17. The smallest absolute Gasteiger partial charge is 0.142 e. The number of allylic oxidation sites excluding steroid dienone is 2. The minimum atomic E-state index is 0.223. The van der Waals surface area contributed by atoms with Gasteiger partial charge in [0.05, 0.1) is 18.8 Å². The summed E-state index contributed by atoms with van der Waals surface area (Å²) in [5, 5.41) is 7.18. The van der Waals surface area contributed by atoms with Crippen LogP contribution < -0.4 is 10.1 Å². The predicted molar refractivity (Wildman–Crippen MR) is 108 cm³/mol. The second-order valence-corrected chi connectivity index (χ2v) is 7.49. The Morgan fingerprint density at radius 2 is 1.88 bits per heavy atom. The molecule has 0 saturated carbocycles. The summed E-state index contributed by atoms with van der Waals surface area (Å²) >= 11 is 6.60. The van der Waals surface area contributed by atoms with Gasteiger partial charge >= 0.3 is 0 Å². The first-order valence-corrected chi connectivity index (χ1v) is 9.43. The Labute approximate surface area is 158 Å². The van der Waals surface area contributed by atoms with Crippen LogP contribution in [0.25, 0.3) is 10.8 Å². The van der Waals surface area contributed by atoms with Crippen LogP contribution in [0.1, 0.15) is 29.5 Å². The highest BCUT2D eigenvalue weighted by atomic mass is 35.5. The van der Waals surface area contributed by atoms with Gasteiger partial charge in [0, 0.05) is 16.5 Å².